The Bertz CT molecular complexity index is 3070. The second-order valence-corrected chi connectivity index (χ2v) is 22.0. The number of aromatic nitrogens is 2. The van der Waals surface area contributed by atoms with Gasteiger partial charge in [0.05, 0.1) is 32.7 Å². The van der Waals surface area contributed by atoms with Crippen molar-refractivity contribution in [3.8, 4) is 11.5 Å². The van der Waals surface area contributed by atoms with E-state index in [2.05, 4.69) is 31.2 Å². The molecule has 4 atom stereocenters. The quantitative estimate of drug-likeness (QED) is 0.0800. The molecule has 0 aliphatic carbocycles. The van der Waals surface area contributed by atoms with Crippen molar-refractivity contribution in [2.75, 3.05) is 23.7 Å². The van der Waals surface area contributed by atoms with Crippen molar-refractivity contribution in [1.29, 1.82) is 0 Å². The number of piperidine rings is 2. The van der Waals surface area contributed by atoms with Crippen LogP contribution in [0.25, 0.3) is 0 Å². The summed E-state index contributed by atoms with van der Waals surface area (Å²) in [5.74, 6) is -4.11. The molecule has 16 nitrogen and oxygen atoms in total. The third-order valence-electron chi connectivity index (χ3n) is 10.4. The Kier molecular flexibility index (Phi) is 16.0. The van der Waals surface area contributed by atoms with Gasteiger partial charge >= 0.3 is 0 Å². The summed E-state index contributed by atoms with van der Waals surface area (Å²) in [6, 6.07) is 19.7. The minimum absolute atomic E-state index is 0.0450. The number of rotatable bonds is 14. The summed E-state index contributed by atoms with van der Waals surface area (Å²) in [4.78, 5) is 56.6. The second-order valence-electron chi connectivity index (χ2n) is 15.1. The fourth-order valence-electron chi connectivity index (χ4n) is 6.95. The summed E-state index contributed by atoms with van der Waals surface area (Å²) in [7, 11) is -7.56. The molecular formula is C44H37ClF4N6O10S4. The molecule has 6 aromatic rings. The molecule has 25 heteroatoms. The van der Waals surface area contributed by atoms with Crippen molar-refractivity contribution < 1.29 is 63.0 Å². The van der Waals surface area contributed by atoms with Crippen molar-refractivity contribution in [2.24, 2.45) is 0 Å². The number of anilines is 2. The van der Waals surface area contributed by atoms with Crippen LogP contribution in [0.2, 0.25) is 5.02 Å². The Morgan fingerprint density at radius 2 is 1.10 bits per heavy atom. The highest BCUT2D eigenvalue weighted by Crippen LogP contribution is 2.32. The third-order valence-corrected chi connectivity index (χ3v) is 16.5. The fourth-order valence-corrected chi connectivity index (χ4v) is 11.6. The molecule has 2 aliphatic rings. The predicted molar refractivity (Wildman–Crippen MR) is 245 cm³/mol. The minimum Gasteiger partial charge on any atom is -0.476 e. The van der Waals surface area contributed by atoms with E-state index < -0.39 is 81.8 Å². The molecule has 0 radical (unpaired) electrons. The number of sulfone groups is 2. The Labute approximate surface area is 404 Å². The second kappa shape index (κ2) is 21.9. The number of carbonyl (C=O) groups is 4. The van der Waals surface area contributed by atoms with Crippen LogP contribution in [0.1, 0.15) is 49.0 Å². The molecular weight excluding hydrogens is 1010 g/mol. The molecule has 0 spiro atoms. The third kappa shape index (κ3) is 12.8. The van der Waals surface area contributed by atoms with Crippen LogP contribution < -0.4 is 30.7 Å². The van der Waals surface area contributed by atoms with Crippen LogP contribution in [0.4, 0.5) is 27.8 Å². The summed E-state index contributed by atoms with van der Waals surface area (Å²) in [6.45, 7) is 0.548. The highest BCUT2D eigenvalue weighted by atomic mass is 35.5. The first-order valence-electron chi connectivity index (χ1n) is 20.4. The van der Waals surface area contributed by atoms with E-state index in [4.69, 9.17) is 21.1 Å². The van der Waals surface area contributed by atoms with Crippen LogP contribution in [0.3, 0.4) is 0 Å². The maximum absolute atomic E-state index is 14.2. The first-order valence-corrected chi connectivity index (χ1v) is 25.6. The van der Waals surface area contributed by atoms with Gasteiger partial charge < -0.3 is 20.1 Å². The zero-order valence-corrected chi connectivity index (χ0v) is 39.4. The summed E-state index contributed by atoms with van der Waals surface area (Å²) >= 11 is 7.14. The molecule has 2 fully saturated rings. The maximum Gasteiger partial charge on any atom is 0.271 e. The lowest BCUT2D eigenvalue weighted by Gasteiger charge is -2.23. The summed E-state index contributed by atoms with van der Waals surface area (Å²) in [6.07, 6.45) is -0.486. The predicted octanol–water partition coefficient (Wildman–Crippen LogP) is 7.12. The normalized spacial score (nSPS) is 16.9. The van der Waals surface area contributed by atoms with Crippen LogP contribution in [0.5, 0.6) is 11.5 Å². The van der Waals surface area contributed by atoms with E-state index in [-0.39, 0.29) is 63.2 Å². The molecule has 2 aromatic heterocycles. The van der Waals surface area contributed by atoms with E-state index in [9.17, 15) is 53.6 Å². The van der Waals surface area contributed by atoms with Gasteiger partial charge in [0.2, 0.25) is 24.0 Å². The Morgan fingerprint density at radius 1 is 0.652 bits per heavy atom. The van der Waals surface area contributed by atoms with Gasteiger partial charge in [-0.2, -0.15) is 8.78 Å². The smallest absolute Gasteiger partial charge is 0.271 e. The lowest BCUT2D eigenvalue weighted by molar-refractivity contribution is -0.123. The summed E-state index contributed by atoms with van der Waals surface area (Å²) in [5, 5.41) is 7.64. The van der Waals surface area contributed by atoms with Crippen LogP contribution >= 0.6 is 34.3 Å². The van der Waals surface area contributed by atoms with Gasteiger partial charge in [-0.3, -0.25) is 29.8 Å². The summed E-state index contributed by atoms with van der Waals surface area (Å²) in [5.41, 5.74) is 0.508. The number of nitrogens with zero attached hydrogens (tertiary/aromatic N) is 2. The molecule has 0 saturated carbocycles. The molecule has 69 heavy (non-hydrogen) atoms. The lowest BCUT2D eigenvalue weighted by Crippen LogP contribution is -2.39. The number of carbonyl (C=O) groups excluding carboxylic acids is 4. The molecule has 4 amide bonds. The van der Waals surface area contributed by atoms with E-state index in [0.717, 1.165) is 24.5 Å². The van der Waals surface area contributed by atoms with Crippen molar-refractivity contribution in [3.63, 3.8) is 0 Å². The van der Waals surface area contributed by atoms with Gasteiger partial charge in [-0.25, -0.2) is 35.6 Å². The van der Waals surface area contributed by atoms with Gasteiger partial charge in [0.15, 0.2) is 51.8 Å². The van der Waals surface area contributed by atoms with Crippen molar-refractivity contribution >= 4 is 87.8 Å². The average molecular weight is 1050 g/mol. The number of ether oxygens (including phenoxy) is 2. The lowest BCUT2D eigenvalue weighted by atomic mass is 10.1. The zero-order valence-electron chi connectivity index (χ0n) is 35.4. The van der Waals surface area contributed by atoms with E-state index in [1.807, 2.05) is 0 Å². The van der Waals surface area contributed by atoms with E-state index >= 15 is 0 Å². The first-order chi connectivity index (χ1) is 32.8. The van der Waals surface area contributed by atoms with Crippen molar-refractivity contribution in [2.45, 2.75) is 58.2 Å². The monoisotopic (exact) mass is 1050 g/mol. The number of hydrogen-bond acceptors (Lipinski definition) is 14. The molecule has 4 N–H and O–H groups in total. The largest absolute Gasteiger partial charge is 0.476 e. The minimum atomic E-state index is -3.83. The zero-order chi connectivity index (χ0) is 49.5. The van der Waals surface area contributed by atoms with E-state index in [0.29, 0.717) is 58.0 Å². The van der Waals surface area contributed by atoms with Crippen LogP contribution in [0.15, 0.2) is 113 Å². The van der Waals surface area contributed by atoms with Gasteiger partial charge in [0.25, 0.3) is 11.8 Å². The summed E-state index contributed by atoms with van der Waals surface area (Å²) < 4.78 is 117. The van der Waals surface area contributed by atoms with Gasteiger partial charge in [-0.15, -0.1) is 0 Å². The Balaban J connectivity index is 0.000000204. The highest BCUT2D eigenvalue weighted by Gasteiger charge is 2.35. The van der Waals surface area contributed by atoms with Gasteiger partial charge in [0, 0.05) is 48.1 Å². The molecule has 8 rings (SSSR count). The standard InChI is InChI=1S/C22H19ClFN3O5S2.C22H18F3N3O5S2/c23-14-3-5-15(6-4-14)32-20(21(29)27-22-26-12-18(24)33-22)13-1-7-16(8-2-13)34(30,31)17-9-10-25-19(28)11-17;23-13-3-6-17(16(24)9-13)33-20(21(30)28-22-27-11-18(25)34-22)12-1-4-14(5-2-12)35(31,32)15-7-8-26-19(29)10-15/h1-8,12,17,20H,9-11H2,(H,25,28)(H,26,27,29);1-6,9,11,15,20H,7-8,10H2,(H,26,29)(H,27,28,30). The number of benzene rings is 4. The first kappa shape index (κ1) is 50.4. The van der Waals surface area contributed by atoms with Gasteiger partial charge in [0.1, 0.15) is 11.6 Å². The van der Waals surface area contributed by atoms with Crippen LogP contribution in [0, 0.1) is 21.9 Å². The van der Waals surface area contributed by atoms with E-state index in [1.54, 1.807) is 24.3 Å². The average Bonchev–Trinajstić information content (AvgIpc) is 3.94. The maximum atomic E-state index is 14.2. The molecule has 2 aliphatic heterocycles. The van der Waals surface area contributed by atoms with Crippen molar-refractivity contribution in [3.05, 3.63) is 141 Å². The topological polar surface area (TPSA) is 229 Å². The number of hydrogen-bond donors (Lipinski definition) is 4. The number of nitrogens with one attached hydrogen (secondary N) is 4. The molecule has 4 unspecified atom stereocenters. The van der Waals surface area contributed by atoms with Crippen molar-refractivity contribution in [1.82, 2.24) is 20.6 Å². The molecule has 4 aromatic carbocycles. The molecule has 0 bridgehead atoms. The molecule has 4 heterocycles. The van der Waals surface area contributed by atoms with E-state index in [1.165, 1.54) is 48.5 Å². The van der Waals surface area contributed by atoms with Crippen LogP contribution in [-0.2, 0) is 38.9 Å². The van der Waals surface area contributed by atoms with Gasteiger partial charge in [-0.1, -0.05) is 58.5 Å². The highest BCUT2D eigenvalue weighted by molar-refractivity contribution is 7.92. The molecule has 362 valence electrons. The number of halogens is 5. The Hall–Kier alpha value is -6.47. The number of amides is 4. The van der Waals surface area contributed by atoms with Crippen LogP contribution in [-0.4, -0.2) is 74.0 Å². The SMILES string of the molecule is O=C1CC(S(=O)(=O)c2ccc(C(Oc3ccc(Cl)cc3)C(=O)Nc3ncc(F)s3)cc2)CCN1.O=C1CC(S(=O)(=O)c2ccc(C(Oc3ccc(F)cc3F)C(=O)Nc3ncc(F)s3)cc2)CCN1. The Morgan fingerprint density at radius 3 is 1.51 bits per heavy atom. The number of thiazole rings is 2. The molecule has 2 saturated heterocycles. The van der Waals surface area contributed by atoms with Gasteiger partial charge in [-0.05, 0) is 73.5 Å². The fraction of sp³-hybridized carbons (Fsp3) is 0.227.